The maximum Gasteiger partial charge on any atom is 0.162 e. The molecule has 0 saturated carbocycles. The van der Waals surface area contributed by atoms with Crippen LogP contribution in [0.5, 0.6) is 0 Å². The fourth-order valence-electron chi connectivity index (χ4n) is 2.36. The molecule has 2 atom stereocenters. The van der Waals surface area contributed by atoms with Gasteiger partial charge in [-0.2, -0.15) is 0 Å². The number of nitrogens with one attached hydrogen (secondary N) is 2. The van der Waals surface area contributed by atoms with Crippen LogP contribution in [0.25, 0.3) is 10.8 Å². The predicted molar refractivity (Wildman–Crippen MR) is 85.9 cm³/mol. The number of rotatable bonds is 5. The monoisotopic (exact) mass is 329 g/mol. The molecule has 0 aliphatic carbocycles. The van der Waals surface area contributed by atoms with Crippen molar-refractivity contribution in [3.05, 3.63) is 29.0 Å². The second kappa shape index (κ2) is 7.38. The van der Waals surface area contributed by atoms with Gasteiger partial charge in [-0.15, -0.1) is 23.7 Å². The van der Waals surface area contributed by atoms with Crippen molar-refractivity contribution >= 4 is 23.7 Å². The molecule has 0 bridgehead atoms. The van der Waals surface area contributed by atoms with E-state index in [1.165, 1.54) is 4.88 Å². The Morgan fingerprint density at radius 2 is 2.33 bits per heavy atom. The van der Waals surface area contributed by atoms with Gasteiger partial charge >= 0.3 is 0 Å². The van der Waals surface area contributed by atoms with Gasteiger partial charge in [-0.1, -0.05) is 0 Å². The summed E-state index contributed by atoms with van der Waals surface area (Å²) < 4.78 is 5.57. The lowest BCUT2D eigenvalue weighted by Crippen LogP contribution is -2.29. The Kier molecular flexibility index (Phi) is 5.78. The van der Waals surface area contributed by atoms with E-state index in [2.05, 4.69) is 15.6 Å². The van der Waals surface area contributed by atoms with Crippen LogP contribution in [0.4, 0.5) is 0 Å². The first-order chi connectivity index (χ1) is 9.72. The summed E-state index contributed by atoms with van der Waals surface area (Å²) in [6.45, 7) is 5.12. The van der Waals surface area contributed by atoms with E-state index >= 15 is 0 Å². The molecule has 0 spiro atoms. The minimum Gasteiger partial charge on any atom is -0.459 e. The molecule has 1 fully saturated rings. The van der Waals surface area contributed by atoms with Gasteiger partial charge in [0, 0.05) is 43.2 Å². The van der Waals surface area contributed by atoms with Crippen molar-refractivity contribution < 1.29 is 9.52 Å². The molecule has 2 aromatic rings. The standard InChI is InChI=1S/C14H19N3O2S.ClH/c1-9-2-3-13(19-9)14-17-7-11(20-14)6-15-4-10-5-16-8-12(10)18;/h2-3,7,10,12,15-16,18H,4-6,8H2,1H3;1H. The molecule has 3 N–H and O–H groups in total. The van der Waals surface area contributed by atoms with Crippen LogP contribution in [0.3, 0.4) is 0 Å². The summed E-state index contributed by atoms with van der Waals surface area (Å²) in [7, 11) is 0. The molecule has 3 heterocycles. The number of furan rings is 1. The SMILES string of the molecule is Cc1ccc(-c2ncc(CNCC3CNCC3O)s2)o1.Cl. The van der Waals surface area contributed by atoms with E-state index in [1.54, 1.807) is 11.3 Å². The number of hydrogen-bond acceptors (Lipinski definition) is 6. The molecule has 5 nitrogen and oxygen atoms in total. The lowest BCUT2D eigenvalue weighted by atomic mass is 10.1. The van der Waals surface area contributed by atoms with E-state index in [1.807, 2.05) is 25.3 Å². The highest BCUT2D eigenvalue weighted by Gasteiger charge is 2.24. The minimum absolute atomic E-state index is 0. The third kappa shape index (κ3) is 4.05. The topological polar surface area (TPSA) is 70.3 Å². The van der Waals surface area contributed by atoms with Crippen molar-refractivity contribution in [2.24, 2.45) is 5.92 Å². The van der Waals surface area contributed by atoms with Crippen molar-refractivity contribution in [3.63, 3.8) is 0 Å². The van der Waals surface area contributed by atoms with Gasteiger partial charge in [0.05, 0.1) is 6.10 Å². The van der Waals surface area contributed by atoms with E-state index in [4.69, 9.17) is 4.42 Å². The number of aromatic nitrogens is 1. The number of aryl methyl sites for hydroxylation is 1. The number of aliphatic hydroxyl groups is 1. The van der Waals surface area contributed by atoms with E-state index in [9.17, 15) is 5.11 Å². The summed E-state index contributed by atoms with van der Waals surface area (Å²) in [6.07, 6.45) is 1.65. The number of nitrogens with zero attached hydrogens (tertiary/aromatic N) is 1. The molecule has 1 aliphatic heterocycles. The molecule has 21 heavy (non-hydrogen) atoms. The van der Waals surface area contributed by atoms with Crippen LogP contribution >= 0.6 is 23.7 Å². The average Bonchev–Trinajstić information content (AvgIpc) is 3.12. The third-order valence-corrected chi connectivity index (χ3v) is 4.53. The summed E-state index contributed by atoms with van der Waals surface area (Å²) in [4.78, 5) is 5.56. The number of thiazole rings is 1. The predicted octanol–water partition coefficient (Wildman–Crippen LogP) is 1.80. The first-order valence-electron chi connectivity index (χ1n) is 6.83. The third-order valence-electron chi connectivity index (χ3n) is 3.51. The normalized spacial score (nSPS) is 21.4. The van der Waals surface area contributed by atoms with Crippen LogP contribution < -0.4 is 10.6 Å². The Hall–Kier alpha value is -0.920. The molecule has 2 aromatic heterocycles. The largest absolute Gasteiger partial charge is 0.459 e. The van der Waals surface area contributed by atoms with Gasteiger partial charge in [0.25, 0.3) is 0 Å². The first-order valence-corrected chi connectivity index (χ1v) is 7.65. The van der Waals surface area contributed by atoms with Gasteiger partial charge in [0.2, 0.25) is 0 Å². The molecule has 3 rings (SSSR count). The van der Waals surface area contributed by atoms with Crippen LogP contribution in [-0.4, -0.2) is 35.8 Å². The molecule has 2 unspecified atom stereocenters. The fourth-order valence-corrected chi connectivity index (χ4v) is 3.20. The van der Waals surface area contributed by atoms with Crippen molar-refractivity contribution in [1.29, 1.82) is 0 Å². The quantitative estimate of drug-likeness (QED) is 0.780. The Balaban J connectivity index is 0.00000161. The van der Waals surface area contributed by atoms with Gasteiger partial charge in [0.15, 0.2) is 10.8 Å². The van der Waals surface area contributed by atoms with Crippen molar-refractivity contribution in [2.75, 3.05) is 19.6 Å². The highest BCUT2D eigenvalue weighted by Crippen LogP contribution is 2.26. The number of β-amino-alcohol motifs (C(OH)–C–C–N with tert-alkyl or cyclic N) is 1. The van der Waals surface area contributed by atoms with Crippen LogP contribution in [-0.2, 0) is 6.54 Å². The summed E-state index contributed by atoms with van der Waals surface area (Å²) in [5, 5.41) is 17.2. The van der Waals surface area contributed by atoms with E-state index in [0.29, 0.717) is 12.5 Å². The second-order valence-electron chi connectivity index (χ2n) is 5.16. The molecule has 0 radical (unpaired) electrons. The summed E-state index contributed by atoms with van der Waals surface area (Å²) in [6, 6.07) is 3.90. The zero-order chi connectivity index (χ0) is 13.9. The van der Waals surface area contributed by atoms with Crippen LogP contribution in [0.1, 0.15) is 10.6 Å². The average molecular weight is 330 g/mol. The highest BCUT2D eigenvalue weighted by molar-refractivity contribution is 7.14. The van der Waals surface area contributed by atoms with Crippen molar-refractivity contribution in [2.45, 2.75) is 19.6 Å². The number of aliphatic hydroxyl groups excluding tert-OH is 1. The molecule has 0 amide bonds. The number of hydrogen-bond donors (Lipinski definition) is 3. The zero-order valence-electron chi connectivity index (χ0n) is 11.8. The van der Waals surface area contributed by atoms with E-state index in [-0.39, 0.29) is 18.5 Å². The van der Waals surface area contributed by atoms with E-state index < -0.39 is 0 Å². The summed E-state index contributed by atoms with van der Waals surface area (Å²) in [5.74, 6) is 2.03. The summed E-state index contributed by atoms with van der Waals surface area (Å²) in [5.41, 5.74) is 0. The molecule has 0 aromatic carbocycles. The Morgan fingerprint density at radius 1 is 1.48 bits per heavy atom. The smallest absolute Gasteiger partial charge is 0.162 e. The molecule has 1 aliphatic rings. The Morgan fingerprint density at radius 3 is 3.00 bits per heavy atom. The van der Waals surface area contributed by atoms with Gasteiger partial charge in [-0.25, -0.2) is 4.98 Å². The lowest BCUT2D eigenvalue weighted by molar-refractivity contribution is 0.146. The maximum absolute atomic E-state index is 9.72. The zero-order valence-corrected chi connectivity index (χ0v) is 13.5. The Labute approximate surface area is 134 Å². The van der Waals surface area contributed by atoms with Crippen LogP contribution in [0, 0.1) is 12.8 Å². The van der Waals surface area contributed by atoms with Crippen LogP contribution in [0.15, 0.2) is 22.7 Å². The number of halogens is 1. The highest BCUT2D eigenvalue weighted by atomic mass is 35.5. The van der Waals surface area contributed by atoms with Gasteiger partial charge in [-0.3, -0.25) is 0 Å². The molecule has 7 heteroatoms. The molecule has 1 saturated heterocycles. The maximum atomic E-state index is 9.72. The molecular formula is C14H20ClN3O2S. The van der Waals surface area contributed by atoms with Gasteiger partial charge in [-0.05, 0) is 19.1 Å². The minimum atomic E-state index is -0.231. The van der Waals surface area contributed by atoms with Crippen molar-refractivity contribution in [1.82, 2.24) is 15.6 Å². The summed E-state index contributed by atoms with van der Waals surface area (Å²) >= 11 is 1.64. The molecule has 116 valence electrons. The van der Waals surface area contributed by atoms with Gasteiger partial charge < -0.3 is 20.2 Å². The van der Waals surface area contributed by atoms with E-state index in [0.717, 1.165) is 36.2 Å². The fraction of sp³-hybridized carbons (Fsp3) is 0.500. The lowest BCUT2D eigenvalue weighted by Gasteiger charge is -2.13. The molecular weight excluding hydrogens is 310 g/mol. The second-order valence-corrected chi connectivity index (χ2v) is 6.27. The van der Waals surface area contributed by atoms with Crippen molar-refractivity contribution in [3.8, 4) is 10.8 Å². The van der Waals surface area contributed by atoms with Crippen LogP contribution in [0.2, 0.25) is 0 Å². The van der Waals surface area contributed by atoms with Gasteiger partial charge in [0.1, 0.15) is 5.76 Å². The Bertz CT molecular complexity index is 572. The first kappa shape index (κ1) is 16.5.